The van der Waals surface area contributed by atoms with Gasteiger partial charge in [0.1, 0.15) is 11.2 Å². The minimum atomic E-state index is -0.517. The molecular formula is C61H43NO. The van der Waals surface area contributed by atoms with Gasteiger partial charge in [-0.25, -0.2) is 0 Å². The number of hydrogen-bond acceptors (Lipinski definition) is 2. The first-order valence-electron chi connectivity index (χ1n) is 25.2. The Morgan fingerprint density at radius 3 is 1.81 bits per heavy atom. The van der Waals surface area contributed by atoms with E-state index in [0.29, 0.717) is 16.8 Å². The third kappa shape index (κ3) is 6.09. The second-order valence-corrected chi connectivity index (χ2v) is 16.6. The Labute approximate surface area is 379 Å². The molecule has 1 aliphatic carbocycles. The Bertz CT molecular complexity index is 3950. The van der Waals surface area contributed by atoms with Gasteiger partial charge in [-0.3, -0.25) is 0 Å². The van der Waals surface area contributed by atoms with Gasteiger partial charge in [0.05, 0.1) is 11.0 Å². The number of fused-ring (bicyclic) bond motifs is 8. The van der Waals surface area contributed by atoms with Crippen LogP contribution < -0.4 is 4.90 Å². The molecule has 2 heteroatoms. The number of benzene rings is 10. The molecule has 0 saturated heterocycles. The first-order chi connectivity index (χ1) is 34.3. The standard InChI is InChI=1S/C61H43NO/c1-61(2)56-23-9-8-19-53(56)54-22-11-21-51(59(54)61)44-29-36-49(37-30-44)62(47-32-25-41(26-33-47)46-17-10-16-45(39-46)40-13-4-3-5-14-40)48-34-27-43(28-35-48)50-20-12-24-57-58(50)55-38-31-42-15-6-7-18-52(42)60(55)63-57/h3-39H,1-2H3/i25D,26D,29D,30D,32D,33D,36D,37D. The first kappa shape index (κ1) is 29.3. The molecule has 0 aliphatic heterocycles. The summed E-state index contributed by atoms with van der Waals surface area (Å²) < 4.78 is 84.1. The molecule has 12 rings (SSSR count). The van der Waals surface area contributed by atoms with Gasteiger partial charge in [-0.2, -0.15) is 0 Å². The van der Waals surface area contributed by atoms with Crippen molar-refractivity contribution in [1.82, 2.24) is 0 Å². The molecule has 1 aliphatic rings. The van der Waals surface area contributed by atoms with Gasteiger partial charge in [0.2, 0.25) is 0 Å². The van der Waals surface area contributed by atoms with Gasteiger partial charge >= 0.3 is 0 Å². The second-order valence-electron chi connectivity index (χ2n) is 16.6. The van der Waals surface area contributed by atoms with Crippen molar-refractivity contribution >= 4 is 49.8 Å². The van der Waals surface area contributed by atoms with Crippen molar-refractivity contribution in [2.45, 2.75) is 19.3 Å². The van der Waals surface area contributed by atoms with Crippen molar-refractivity contribution < 1.29 is 15.4 Å². The maximum atomic E-state index is 9.83. The van der Waals surface area contributed by atoms with E-state index in [2.05, 4.69) is 44.2 Å². The smallest absolute Gasteiger partial charge is 0.143 e. The van der Waals surface area contributed by atoms with Crippen molar-refractivity contribution in [3.05, 3.63) is 235 Å². The summed E-state index contributed by atoms with van der Waals surface area (Å²) >= 11 is 0. The zero-order chi connectivity index (χ0) is 49.0. The molecule has 11 aromatic rings. The number of rotatable bonds is 7. The Kier molecular flexibility index (Phi) is 6.80. The van der Waals surface area contributed by atoms with Crippen LogP contribution in [0.4, 0.5) is 17.1 Å². The van der Waals surface area contributed by atoms with Crippen LogP contribution in [-0.4, -0.2) is 0 Å². The number of furan rings is 1. The summed E-state index contributed by atoms with van der Waals surface area (Å²) in [4.78, 5) is 1.37. The largest absolute Gasteiger partial charge is 0.455 e. The van der Waals surface area contributed by atoms with E-state index in [4.69, 9.17) is 4.42 Å². The molecule has 0 amide bonds. The summed E-state index contributed by atoms with van der Waals surface area (Å²) in [6.45, 7) is 4.22. The fourth-order valence-electron chi connectivity index (χ4n) is 9.61. The van der Waals surface area contributed by atoms with Crippen LogP contribution in [0.3, 0.4) is 0 Å². The summed E-state index contributed by atoms with van der Waals surface area (Å²) in [7, 11) is 0. The highest BCUT2D eigenvalue weighted by atomic mass is 16.3. The highest BCUT2D eigenvalue weighted by Crippen LogP contribution is 2.52. The van der Waals surface area contributed by atoms with Crippen molar-refractivity contribution in [3.8, 4) is 55.6 Å². The molecule has 1 aromatic heterocycles. The van der Waals surface area contributed by atoms with E-state index >= 15 is 0 Å². The third-order valence-electron chi connectivity index (χ3n) is 12.6. The average Bonchev–Trinajstić information content (AvgIpc) is 3.90. The Hall–Kier alpha value is -7.94. The maximum absolute atomic E-state index is 9.83. The summed E-state index contributed by atoms with van der Waals surface area (Å²) in [5.41, 5.74) is 9.73. The zero-order valence-electron chi connectivity index (χ0n) is 42.6. The van der Waals surface area contributed by atoms with Gasteiger partial charge in [-0.1, -0.05) is 184 Å². The highest BCUT2D eigenvalue weighted by Gasteiger charge is 2.37. The third-order valence-corrected chi connectivity index (χ3v) is 12.6. The van der Waals surface area contributed by atoms with Gasteiger partial charge in [0.25, 0.3) is 0 Å². The first-order valence-corrected chi connectivity index (χ1v) is 21.2. The van der Waals surface area contributed by atoms with Crippen molar-refractivity contribution in [1.29, 1.82) is 0 Å². The quantitative estimate of drug-likeness (QED) is 0.159. The number of nitrogens with zero attached hydrogens (tertiary/aromatic N) is 1. The van der Waals surface area contributed by atoms with Crippen LogP contribution in [0.5, 0.6) is 0 Å². The van der Waals surface area contributed by atoms with E-state index in [1.54, 1.807) is 18.2 Å². The molecule has 1 heterocycles. The van der Waals surface area contributed by atoms with Gasteiger partial charge in [-0.05, 0) is 127 Å². The van der Waals surface area contributed by atoms with Gasteiger partial charge in [-0.15, -0.1) is 0 Å². The lowest BCUT2D eigenvalue weighted by atomic mass is 9.79. The Balaban J connectivity index is 1.06. The molecule has 0 spiro atoms. The molecule has 0 N–H and O–H groups in total. The summed E-state index contributed by atoms with van der Waals surface area (Å²) in [6.07, 6.45) is 0. The van der Waals surface area contributed by atoms with Crippen molar-refractivity contribution in [2.75, 3.05) is 4.90 Å². The molecule has 2 nitrogen and oxygen atoms in total. The van der Waals surface area contributed by atoms with E-state index in [0.717, 1.165) is 77.2 Å². The molecule has 10 aromatic carbocycles. The lowest BCUT2D eigenvalue weighted by Gasteiger charge is -2.27. The monoisotopic (exact) mass is 813 g/mol. The molecule has 0 radical (unpaired) electrons. The van der Waals surface area contributed by atoms with E-state index in [-0.39, 0.29) is 46.7 Å². The molecule has 0 atom stereocenters. The average molecular weight is 814 g/mol. The fraction of sp³-hybridized carbons (Fsp3) is 0.0492. The summed E-state index contributed by atoms with van der Waals surface area (Å²) in [5.74, 6) is 0. The topological polar surface area (TPSA) is 16.4 Å². The molecule has 0 fully saturated rings. The lowest BCUT2D eigenvalue weighted by molar-refractivity contribution is 0.662. The number of anilines is 3. The normalized spacial score (nSPS) is 14.5. The predicted octanol–water partition coefficient (Wildman–Crippen LogP) is 17.2. The van der Waals surface area contributed by atoms with Crippen LogP contribution in [0.15, 0.2) is 229 Å². The van der Waals surface area contributed by atoms with Gasteiger partial charge < -0.3 is 9.32 Å². The van der Waals surface area contributed by atoms with Crippen LogP contribution in [0.25, 0.3) is 88.3 Å². The van der Waals surface area contributed by atoms with Crippen molar-refractivity contribution in [2.24, 2.45) is 0 Å². The Morgan fingerprint density at radius 1 is 0.413 bits per heavy atom. The van der Waals surface area contributed by atoms with Gasteiger partial charge in [0.15, 0.2) is 0 Å². The van der Waals surface area contributed by atoms with Crippen LogP contribution in [0.1, 0.15) is 35.9 Å². The second kappa shape index (κ2) is 14.6. The SMILES string of the molecule is [2H]c1c([2H])c(N(c2ccc(-c3cccc4oc5c6ccccc6ccc5c34)cc2)c2c([2H])c([2H])c(-c3cccc4c3C(C)(C)c3ccccc3-4)c([2H])c2[2H])c([2H])c([2H])c1-c1cccc(-c2ccccc2)c1. The molecular weight excluding hydrogens is 763 g/mol. The van der Waals surface area contributed by atoms with E-state index in [9.17, 15) is 11.0 Å². The molecule has 298 valence electrons. The van der Waals surface area contributed by atoms with Crippen LogP contribution in [0.2, 0.25) is 0 Å². The molecule has 63 heavy (non-hydrogen) atoms. The summed E-state index contributed by atoms with van der Waals surface area (Å²) in [5, 5.41) is 3.96. The zero-order valence-corrected chi connectivity index (χ0v) is 34.6. The van der Waals surface area contributed by atoms with Crippen LogP contribution in [0, 0.1) is 0 Å². The Morgan fingerprint density at radius 2 is 1.02 bits per heavy atom. The van der Waals surface area contributed by atoms with Crippen LogP contribution >= 0.6 is 0 Å². The molecule has 0 bridgehead atoms. The van der Waals surface area contributed by atoms with Crippen LogP contribution in [-0.2, 0) is 5.41 Å². The predicted molar refractivity (Wildman–Crippen MR) is 265 cm³/mol. The van der Waals surface area contributed by atoms with Crippen molar-refractivity contribution in [3.63, 3.8) is 0 Å². The molecule has 0 saturated carbocycles. The summed E-state index contributed by atoms with van der Waals surface area (Å²) in [6, 6.07) is 53.7. The van der Waals surface area contributed by atoms with E-state index < -0.39 is 29.6 Å². The maximum Gasteiger partial charge on any atom is 0.143 e. The lowest BCUT2D eigenvalue weighted by Crippen LogP contribution is -2.16. The van der Waals surface area contributed by atoms with Gasteiger partial charge in [0, 0.05) is 38.6 Å². The fourth-order valence-corrected chi connectivity index (χ4v) is 9.61. The minimum absolute atomic E-state index is 0.0986. The highest BCUT2D eigenvalue weighted by molar-refractivity contribution is 6.19. The number of hydrogen-bond donors (Lipinski definition) is 0. The molecule has 0 unspecified atom stereocenters. The minimum Gasteiger partial charge on any atom is -0.455 e. The van der Waals surface area contributed by atoms with E-state index in [1.807, 2.05) is 127 Å². The van der Waals surface area contributed by atoms with E-state index in [1.165, 1.54) is 4.90 Å².